The number of rotatable bonds is 2. The van der Waals surface area contributed by atoms with Crippen LogP contribution in [0.25, 0.3) is 10.8 Å². The number of hydrogen-bond donors (Lipinski definition) is 1. The van der Waals surface area contributed by atoms with Crippen LogP contribution >= 0.6 is 11.3 Å². The summed E-state index contributed by atoms with van der Waals surface area (Å²) < 4.78 is 0. The minimum Gasteiger partial charge on any atom is -0.507 e. The molecule has 1 aliphatic rings. The normalized spacial score (nSPS) is 14.5. The predicted molar refractivity (Wildman–Crippen MR) is 91.6 cm³/mol. The van der Waals surface area contributed by atoms with Crippen LogP contribution in [0.5, 0.6) is 5.75 Å². The maximum absolute atomic E-state index is 10.1. The molecule has 0 spiro atoms. The average Bonchev–Trinajstić information content (AvgIpc) is 2.97. The van der Waals surface area contributed by atoms with Crippen LogP contribution in [-0.2, 0) is 12.8 Å². The molecule has 0 bridgehead atoms. The largest absolute Gasteiger partial charge is 0.507 e. The summed E-state index contributed by atoms with van der Waals surface area (Å²) in [4.78, 5) is 10.5. The third kappa shape index (κ3) is 2.40. The van der Waals surface area contributed by atoms with Crippen LogP contribution in [0.15, 0.2) is 41.4 Å². The third-order valence-electron chi connectivity index (χ3n) is 4.09. The Morgan fingerprint density at radius 3 is 2.86 bits per heavy atom. The van der Waals surface area contributed by atoms with Gasteiger partial charge in [0.2, 0.25) is 5.13 Å². The van der Waals surface area contributed by atoms with Crippen molar-refractivity contribution < 1.29 is 5.11 Å². The van der Waals surface area contributed by atoms with Crippen molar-refractivity contribution in [2.45, 2.75) is 25.7 Å². The van der Waals surface area contributed by atoms with Crippen LogP contribution in [-0.4, -0.2) is 16.3 Å². The summed E-state index contributed by atoms with van der Waals surface area (Å²) in [6.45, 7) is 0. The molecular formula is C18H16N2OS. The van der Waals surface area contributed by atoms with Crippen LogP contribution in [0, 0.1) is 0 Å². The lowest BCUT2D eigenvalue weighted by Crippen LogP contribution is -1.98. The van der Waals surface area contributed by atoms with Crippen molar-refractivity contribution in [3.05, 3.63) is 52.5 Å². The number of phenolic OH excluding ortho intramolecular Hbond substituents is 1. The zero-order chi connectivity index (χ0) is 14.9. The highest BCUT2D eigenvalue weighted by Gasteiger charge is 2.14. The molecule has 0 amide bonds. The molecule has 1 heterocycles. The van der Waals surface area contributed by atoms with Crippen LogP contribution in [0.2, 0.25) is 0 Å². The molecule has 3 nitrogen and oxygen atoms in total. The first kappa shape index (κ1) is 13.5. The number of phenols is 1. The minimum absolute atomic E-state index is 0.253. The summed E-state index contributed by atoms with van der Waals surface area (Å²) in [7, 11) is 0. The number of thiazole rings is 1. The van der Waals surface area contributed by atoms with Gasteiger partial charge in [0.1, 0.15) is 5.75 Å². The van der Waals surface area contributed by atoms with E-state index >= 15 is 0 Å². The van der Waals surface area contributed by atoms with E-state index in [9.17, 15) is 5.11 Å². The summed E-state index contributed by atoms with van der Waals surface area (Å²) in [5.41, 5.74) is 1.97. The summed E-state index contributed by atoms with van der Waals surface area (Å²) in [5, 5.41) is 13.0. The fourth-order valence-corrected chi connectivity index (χ4v) is 3.93. The van der Waals surface area contributed by atoms with Gasteiger partial charge >= 0.3 is 0 Å². The van der Waals surface area contributed by atoms with Crippen LogP contribution in [0.4, 0.5) is 5.13 Å². The summed E-state index contributed by atoms with van der Waals surface area (Å²) in [6, 6.07) is 11.6. The van der Waals surface area contributed by atoms with E-state index in [0.29, 0.717) is 0 Å². The molecule has 4 rings (SSSR count). The van der Waals surface area contributed by atoms with Crippen molar-refractivity contribution in [1.82, 2.24) is 4.98 Å². The standard InChI is InChI=1S/C18H16N2OS/c21-16-10-9-12-5-1-2-6-13(12)14(16)11-19-18-20-15-7-3-4-8-17(15)22-18/h1-2,5-6,9-11,21H,3-4,7-8H2/b19-11+. The van der Waals surface area contributed by atoms with E-state index < -0.39 is 0 Å². The molecular weight excluding hydrogens is 292 g/mol. The van der Waals surface area contributed by atoms with Crippen molar-refractivity contribution in [3.8, 4) is 5.75 Å². The topological polar surface area (TPSA) is 45.5 Å². The smallest absolute Gasteiger partial charge is 0.209 e. The number of benzene rings is 2. The Hall–Kier alpha value is -2.20. The molecule has 1 N–H and O–H groups in total. The summed E-state index contributed by atoms with van der Waals surface area (Å²) in [5.74, 6) is 0.253. The molecule has 0 aliphatic heterocycles. The number of fused-ring (bicyclic) bond motifs is 2. The minimum atomic E-state index is 0.253. The molecule has 3 aromatic rings. The van der Waals surface area contributed by atoms with E-state index in [-0.39, 0.29) is 5.75 Å². The molecule has 0 atom stereocenters. The van der Waals surface area contributed by atoms with Crippen molar-refractivity contribution in [2.24, 2.45) is 4.99 Å². The fraction of sp³-hybridized carbons (Fsp3) is 0.222. The van der Waals surface area contributed by atoms with E-state index in [1.165, 1.54) is 23.4 Å². The van der Waals surface area contributed by atoms with Gasteiger partial charge in [0.05, 0.1) is 5.69 Å². The van der Waals surface area contributed by atoms with Gasteiger partial charge in [-0.05, 0) is 42.5 Å². The zero-order valence-electron chi connectivity index (χ0n) is 12.1. The molecule has 0 saturated carbocycles. The number of aromatic hydroxyl groups is 1. The molecule has 0 radical (unpaired) electrons. The lowest BCUT2D eigenvalue weighted by molar-refractivity contribution is 0.475. The van der Waals surface area contributed by atoms with Crippen LogP contribution < -0.4 is 0 Å². The third-order valence-corrected chi connectivity index (χ3v) is 5.15. The van der Waals surface area contributed by atoms with Gasteiger partial charge in [0.25, 0.3) is 0 Å². The number of aromatic nitrogens is 1. The van der Waals surface area contributed by atoms with Gasteiger partial charge in [-0.15, -0.1) is 0 Å². The number of hydrogen-bond acceptors (Lipinski definition) is 4. The molecule has 1 aromatic heterocycles. The van der Waals surface area contributed by atoms with E-state index in [0.717, 1.165) is 34.3 Å². The maximum atomic E-state index is 10.1. The predicted octanol–water partition coefficient (Wildman–Crippen LogP) is 4.63. The van der Waals surface area contributed by atoms with E-state index in [1.54, 1.807) is 23.6 Å². The monoisotopic (exact) mass is 308 g/mol. The van der Waals surface area contributed by atoms with Gasteiger partial charge in [0.15, 0.2) is 0 Å². The summed E-state index contributed by atoms with van der Waals surface area (Å²) in [6.07, 6.45) is 6.41. The number of aryl methyl sites for hydroxylation is 2. The highest BCUT2D eigenvalue weighted by atomic mass is 32.1. The zero-order valence-corrected chi connectivity index (χ0v) is 12.9. The van der Waals surface area contributed by atoms with Crippen molar-refractivity contribution in [2.75, 3.05) is 0 Å². The maximum Gasteiger partial charge on any atom is 0.209 e. The average molecular weight is 308 g/mol. The first-order chi connectivity index (χ1) is 10.8. The Labute approximate surface area is 133 Å². The second kappa shape index (κ2) is 5.54. The Morgan fingerprint density at radius 1 is 1.09 bits per heavy atom. The summed E-state index contributed by atoms with van der Waals surface area (Å²) >= 11 is 1.68. The molecule has 0 saturated heterocycles. The van der Waals surface area contributed by atoms with Crippen LogP contribution in [0.1, 0.15) is 29.0 Å². The quantitative estimate of drug-likeness (QED) is 0.701. The highest BCUT2D eigenvalue weighted by Crippen LogP contribution is 2.32. The van der Waals surface area contributed by atoms with Gasteiger partial charge in [-0.2, -0.15) is 0 Å². The Balaban J connectivity index is 1.74. The van der Waals surface area contributed by atoms with Crippen molar-refractivity contribution >= 4 is 33.5 Å². The van der Waals surface area contributed by atoms with Gasteiger partial charge in [0, 0.05) is 16.7 Å². The van der Waals surface area contributed by atoms with Crippen molar-refractivity contribution in [3.63, 3.8) is 0 Å². The number of aliphatic imine (C=N–C) groups is 1. The molecule has 110 valence electrons. The first-order valence-corrected chi connectivity index (χ1v) is 8.36. The van der Waals surface area contributed by atoms with E-state index in [2.05, 4.69) is 9.98 Å². The molecule has 0 unspecified atom stereocenters. The molecule has 0 fully saturated rings. The second-order valence-corrected chi connectivity index (χ2v) is 6.61. The Kier molecular flexibility index (Phi) is 3.39. The van der Waals surface area contributed by atoms with Gasteiger partial charge in [-0.3, -0.25) is 0 Å². The van der Waals surface area contributed by atoms with Gasteiger partial charge in [-0.1, -0.05) is 41.7 Å². The first-order valence-electron chi connectivity index (χ1n) is 7.54. The second-order valence-electron chi connectivity index (χ2n) is 5.55. The van der Waals surface area contributed by atoms with Gasteiger partial charge in [-0.25, -0.2) is 9.98 Å². The Bertz CT molecular complexity index is 843. The molecule has 1 aliphatic carbocycles. The van der Waals surface area contributed by atoms with Crippen LogP contribution in [0.3, 0.4) is 0 Å². The molecule has 2 aromatic carbocycles. The van der Waals surface area contributed by atoms with E-state index in [4.69, 9.17) is 0 Å². The highest BCUT2D eigenvalue weighted by molar-refractivity contribution is 7.15. The molecule has 22 heavy (non-hydrogen) atoms. The number of nitrogens with zero attached hydrogens (tertiary/aromatic N) is 2. The SMILES string of the molecule is Oc1ccc2ccccc2c1/C=N/c1nc2c(s1)CCCC2. The lowest BCUT2D eigenvalue weighted by Gasteiger charge is -2.06. The van der Waals surface area contributed by atoms with E-state index in [1.807, 2.05) is 30.3 Å². The Morgan fingerprint density at radius 2 is 1.95 bits per heavy atom. The lowest BCUT2D eigenvalue weighted by atomic mass is 10.0. The van der Waals surface area contributed by atoms with Crippen molar-refractivity contribution in [1.29, 1.82) is 0 Å². The molecule has 4 heteroatoms. The van der Waals surface area contributed by atoms with Gasteiger partial charge < -0.3 is 5.11 Å². The fourth-order valence-electron chi connectivity index (χ4n) is 2.93.